The van der Waals surface area contributed by atoms with Crippen molar-refractivity contribution in [1.82, 2.24) is 5.32 Å². The number of hydrogen-bond acceptors (Lipinski definition) is 3. The van der Waals surface area contributed by atoms with Crippen LogP contribution in [0.2, 0.25) is 0 Å². The van der Waals surface area contributed by atoms with Crippen LogP contribution in [0.3, 0.4) is 0 Å². The predicted molar refractivity (Wildman–Crippen MR) is 73.0 cm³/mol. The molecule has 1 atom stereocenters. The fourth-order valence-electron chi connectivity index (χ4n) is 2.36. The molecule has 100 valence electrons. The lowest BCUT2D eigenvalue weighted by atomic mass is 9.88. The average Bonchev–Trinajstić information content (AvgIpc) is 2.34. The number of rotatable bonds is 6. The van der Waals surface area contributed by atoms with Gasteiger partial charge >= 0.3 is 0 Å². The van der Waals surface area contributed by atoms with Crippen LogP contribution >= 0.6 is 0 Å². The van der Waals surface area contributed by atoms with Crippen LogP contribution in [0.15, 0.2) is 24.3 Å². The van der Waals surface area contributed by atoms with Gasteiger partial charge in [-0.1, -0.05) is 12.1 Å². The highest BCUT2D eigenvalue weighted by atomic mass is 16.5. The van der Waals surface area contributed by atoms with Crippen molar-refractivity contribution in [3.63, 3.8) is 0 Å². The van der Waals surface area contributed by atoms with Crippen LogP contribution in [0.1, 0.15) is 38.3 Å². The summed E-state index contributed by atoms with van der Waals surface area (Å²) in [7, 11) is 1.79. The van der Waals surface area contributed by atoms with Crippen molar-refractivity contribution in [2.75, 3.05) is 13.7 Å². The first-order valence-electron chi connectivity index (χ1n) is 6.74. The SMILES string of the molecule is CCOc1ccc(C(C)NC2CC(OC)C2)cc1. The summed E-state index contributed by atoms with van der Waals surface area (Å²) in [5, 5.41) is 3.63. The Bertz CT molecular complexity index is 357. The highest BCUT2D eigenvalue weighted by Crippen LogP contribution is 2.26. The molecule has 1 aliphatic carbocycles. The van der Waals surface area contributed by atoms with E-state index in [4.69, 9.17) is 9.47 Å². The number of ether oxygens (including phenoxy) is 2. The van der Waals surface area contributed by atoms with E-state index in [0.29, 0.717) is 24.8 Å². The van der Waals surface area contributed by atoms with Crippen molar-refractivity contribution in [2.24, 2.45) is 0 Å². The molecule has 0 aliphatic heterocycles. The summed E-state index contributed by atoms with van der Waals surface area (Å²) in [5.74, 6) is 0.941. The van der Waals surface area contributed by atoms with Crippen LogP contribution in [-0.4, -0.2) is 25.9 Å². The van der Waals surface area contributed by atoms with Crippen molar-refractivity contribution in [3.05, 3.63) is 29.8 Å². The van der Waals surface area contributed by atoms with Crippen LogP contribution in [-0.2, 0) is 4.74 Å². The first kappa shape index (κ1) is 13.4. The maximum atomic E-state index is 5.45. The van der Waals surface area contributed by atoms with Crippen LogP contribution in [0, 0.1) is 0 Å². The molecule has 0 amide bonds. The second-order valence-electron chi connectivity index (χ2n) is 4.92. The normalized spacial score (nSPS) is 24.4. The van der Waals surface area contributed by atoms with Crippen LogP contribution in [0.25, 0.3) is 0 Å². The van der Waals surface area contributed by atoms with Gasteiger partial charge < -0.3 is 14.8 Å². The average molecular weight is 249 g/mol. The van der Waals surface area contributed by atoms with E-state index in [-0.39, 0.29) is 0 Å². The number of nitrogens with one attached hydrogen (secondary N) is 1. The molecule has 1 unspecified atom stereocenters. The zero-order valence-electron chi connectivity index (χ0n) is 11.5. The molecule has 1 aliphatic rings. The topological polar surface area (TPSA) is 30.5 Å². The Kier molecular flexibility index (Phi) is 4.61. The van der Waals surface area contributed by atoms with Gasteiger partial charge in [-0.15, -0.1) is 0 Å². The Labute approximate surface area is 109 Å². The van der Waals surface area contributed by atoms with Gasteiger partial charge in [0, 0.05) is 19.2 Å². The maximum Gasteiger partial charge on any atom is 0.119 e. The summed E-state index contributed by atoms with van der Waals surface area (Å²) in [6.07, 6.45) is 2.70. The quantitative estimate of drug-likeness (QED) is 0.841. The van der Waals surface area contributed by atoms with Crippen LogP contribution < -0.4 is 10.1 Å². The molecular weight excluding hydrogens is 226 g/mol. The fraction of sp³-hybridized carbons (Fsp3) is 0.600. The molecule has 0 bridgehead atoms. The third-order valence-corrected chi connectivity index (χ3v) is 3.60. The first-order valence-corrected chi connectivity index (χ1v) is 6.74. The summed E-state index contributed by atoms with van der Waals surface area (Å²) in [6, 6.07) is 9.32. The van der Waals surface area contributed by atoms with Gasteiger partial charge in [-0.05, 0) is 44.4 Å². The molecule has 0 aromatic heterocycles. The van der Waals surface area contributed by atoms with E-state index >= 15 is 0 Å². The molecule has 0 saturated heterocycles. The lowest BCUT2D eigenvalue weighted by molar-refractivity contribution is 0.0147. The third kappa shape index (κ3) is 3.24. The van der Waals surface area contributed by atoms with E-state index in [1.54, 1.807) is 7.11 Å². The van der Waals surface area contributed by atoms with E-state index in [1.165, 1.54) is 5.56 Å². The van der Waals surface area contributed by atoms with Gasteiger partial charge in [0.1, 0.15) is 5.75 Å². The molecule has 1 aromatic carbocycles. The third-order valence-electron chi connectivity index (χ3n) is 3.60. The zero-order chi connectivity index (χ0) is 13.0. The minimum absolute atomic E-state index is 0.378. The van der Waals surface area contributed by atoms with Crippen molar-refractivity contribution >= 4 is 0 Å². The van der Waals surface area contributed by atoms with Crippen LogP contribution in [0.4, 0.5) is 0 Å². The van der Waals surface area contributed by atoms with E-state index in [9.17, 15) is 0 Å². The van der Waals surface area contributed by atoms with Gasteiger partial charge in [-0.2, -0.15) is 0 Å². The van der Waals surface area contributed by atoms with E-state index in [0.717, 1.165) is 18.6 Å². The van der Waals surface area contributed by atoms with Crippen molar-refractivity contribution in [2.45, 2.75) is 44.9 Å². The van der Waals surface area contributed by atoms with Gasteiger partial charge in [-0.25, -0.2) is 0 Å². The predicted octanol–water partition coefficient (Wildman–Crippen LogP) is 2.91. The minimum atomic E-state index is 0.378. The second kappa shape index (κ2) is 6.21. The number of hydrogen-bond donors (Lipinski definition) is 1. The molecular formula is C15H23NO2. The monoisotopic (exact) mass is 249 g/mol. The second-order valence-corrected chi connectivity index (χ2v) is 4.92. The van der Waals surface area contributed by atoms with Gasteiger partial charge in [0.15, 0.2) is 0 Å². The first-order chi connectivity index (χ1) is 8.72. The molecule has 3 heteroatoms. The number of methoxy groups -OCH3 is 1. The molecule has 1 aromatic rings. The molecule has 3 nitrogen and oxygen atoms in total. The smallest absolute Gasteiger partial charge is 0.119 e. The molecule has 0 heterocycles. The Morgan fingerprint density at radius 1 is 1.28 bits per heavy atom. The van der Waals surface area contributed by atoms with E-state index < -0.39 is 0 Å². The summed E-state index contributed by atoms with van der Waals surface area (Å²) >= 11 is 0. The molecule has 1 N–H and O–H groups in total. The van der Waals surface area contributed by atoms with Gasteiger partial charge in [-0.3, -0.25) is 0 Å². The molecule has 1 fully saturated rings. The standard InChI is InChI=1S/C15H23NO2/c1-4-18-14-7-5-12(6-8-14)11(2)16-13-9-15(10-13)17-3/h5-8,11,13,15-16H,4,9-10H2,1-3H3. The van der Waals surface area contributed by atoms with Gasteiger partial charge in [0.2, 0.25) is 0 Å². The van der Waals surface area contributed by atoms with Gasteiger partial charge in [0.25, 0.3) is 0 Å². The van der Waals surface area contributed by atoms with E-state index in [1.807, 2.05) is 19.1 Å². The Hall–Kier alpha value is -1.06. The van der Waals surface area contributed by atoms with E-state index in [2.05, 4.69) is 24.4 Å². The van der Waals surface area contributed by atoms with Gasteiger partial charge in [0.05, 0.1) is 12.7 Å². The Morgan fingerprint density at radius 3 is 2.50 bits per heavy atom. The number of benzene rings is 1. The zero-order valence-corrected chi connectivity index (χ0v) is 11.5. The fourth-order valence-corrected chi connectivity index (χ4v) is 2.36. The Balaban J connectivity index is 1.83. The summed E-state index contributed by atoms with van der Waals surface area (Å²) in [4.78, 5) is 0. The molecule has 0 spiro atoms. The lowest BCUT2D eigenvalue weighted by Crippen LogP contribution is -2.45. The van der Waals surface area contributed by atoms with Crippen molar-refractivity contribution in [1.29, 1.82) is 0 Å². The summed E-state index contributed by atoms with van der Waals surface area (Å²) in [6.45, 7) is 4.92. The van der Waals surface area contributed by atoms with Crippen LogP contribution in [0.5, 0.6) is 5.75 Å². The molecule has 0 radical (unpaired) electrons. The molecule has 1 saturated carbocycles. The highest BCUT2D eigenvalue weighted by Gasteiger charge is 2.29. The highest BCUT2D eigenvalue weighted by molar-refractivity contribution is 5.29. The lowest BCUT2D eigenvalue weighted by Gasteiger charge is -2.36. The largest absolute Gasteiger partial charge is 0.494 e. The maximum absolute atomic E-state index is 5.45. The Morgan fingerprint density at radius 2 is 1.94 bits per heavy atom. The summed E-state index contributed by atoms with van der Waals surface area (Å²) in [5.41, 5.74) is 1.30. The van der Waals surface area contributed by atoms with Crippen molar-refractivity contribution < 1.29 is 9.47 Å². The molecule has 2 rings (SSSR count). The van der Waals surface area contributed by atoms with Crippen molar-refractivity contribution in [3.8, 4) is 5.75 Å². The summed E-state index contributed by atoms with van der Waals surface area (Å²) < 4.78 is 10.7. The minimum Gasteiger partial charge on any atom is -0.494 e. The molecule has 18 heavy (non-hydrogen) atoms.